The molecule has 1 aromatic rings. The molecule has 2 nitrogen and oxygen atoms in total. The van der Waals surface area contributed by atoms with Gasteiger partial charge in [0.2, 0.25) is 0 Å². The molecule has 2 rings (SSSR count). The van der Waals surface area contributed by atoms with Gasteiger partial charge in [0.15, 0.2) is 0 Å². The lowest BCUT2D eigenvalue weighted by molar-refractivity contribution is -0.137. The second-order valence-corrected chi connectivity index (χ2v) is 5.74. The van der Waals surface area contributed by atoms with Gasteiger partial charge in [0.05, 0.1) is 11.7 Å². The first-order valence-electron chi connectivity index (χ1n) is 6.85. The molecular formula is C15H20F3NO. The van der Waals surface area contributed by atoms with E-state index in [-0.39, 0.29) is 11.5 Å². The van der Waals surface area contributed by atoms with Crippen molar-refractivity contribution in [2.75, 3.05) is 6.54 Å². The van der Waals surface area contributed by atoms with Gasteiger partial charge in [0.25, 0.3) is 0 Å². The highest BCUT2D eigenvalue weighted by atomic mass is 19.4. The van der Waals surface area contributed by atoms with E-state index in [1.165, 1.54) is 6.07 Å². The number of rotatable bonds is 2. The molecule has 1 aliphatic carbocycles. The van der Waals surface area contributed by atoms with Crippen LogP contribution in [0.1, 0.15) is 42.4 Å². The van der Waals surface area contributed by atoms with E-state index in [0.29, 0.717) is 24.9 Å². The van der Waals surface area contributed by atoms with Crippen LogP contribution in [0.2, 0.25) is 0 Å². The predicted molar refractivity (Wildman–Crippen MR) is 71.4 cm³/mol. The molecule has 0 heterocycles. The van der Waals surface area contributed by atoms with Gasteiger partial charge in [0, 0.05) is 12.0 Å². The lowest BCUT2D eigenvalue weighted by Crippen LogP contribution is -2.40. The molecule has 3 N–H and O–H groups in total. The van der Waals surface area contributed by atoms with Crippen molar-refractivity contribution in [1.82, 2.24) is 0 Å². The number of benzene rings is 1. The zero-order valence-electron chi connectivity index (χ0n) is 11.5. The van der Waals surface area contributed by atoms with Crippen molar-refractivity contribution >= 4 is 0 Å². The maximum Gasteiger partial charge on any atom is 0.416 e. The maximum absolute atomic E-state index is 12.7. The van der Waals surface area contributed by atoms with Crippen LogP contribution in [0.15, 0.2) is 18.2 Å². The minimum atomic E-state index is -4.32. The summed E-state index contributed by atoms with van der Waals surface area (Å²) in [6, 6.07) is 3.88. The third-order valence-corrected chi connectivity index (χ3v) is 4.43. The SMILES string of the molecule is Cc1cc(C(F)(F)F)ccc1C1(CN)CCC(O)CC1. The molecule has 0 aromatic heterocycles. The lowest BCUT2D eigenvalue weighted by Gasteiger charge is -2.39. The molecule has 20 heavy (non-hydrogen) atoms. The fourth-order valence-corrected chi connectivity index (χ4v) is 3.17. The number of nitrogens with two attached hydrogens (primary N) is 1. The monoisotopic (exact) mass is 287 g/mol. The summed E-state index contributed by atoms with van der Waals surface area (Å²) < 4.78 is 38.1. The summed E-state index contributed by atoms with van der Waals surface area (Å²) in [4.78, 5) is 0. The zero-order valence-corrected chi connectivity index (χ0v) is 11.5. The van der Waals surface area contributed by atoms with Crippen molar-refractivity contribution in [3.63, 3.8) is 0 Å². The Hall–Kier alpha value is -1.07. The molecular weight excluding hydrogens is 267 g/mol. The van der Waals surface area contributed by atoms with Gasteiger partial charge in [-0.25, -0.2) is 0 Å². The molecule has 1 fully saturated rings. The number of aliphatic hydroxyl groups is 1. The quantitative estimate of drug-likeness (QED) is 0.877. The zero-order chi connectivity index (χ0) is 15.0. The second kappa shape index (κ2) is 5.37. The van der Waals surface area contributed by atoms with Gasteiger partial charge in [0.1, 0.15) is 0 Å². The van der Waals surface area contributed by atoms with Gasteiger partial charge >= 0.3 is 6.18 Å². The van der Waals surface area contributed by atoms with E-state index < -0.39 is 11.7 Å². The molecule has 0 aliphatic heterocycles. The molecule has 0 saturated heterocycles. The Morgan fingerprint density at radius 3 is 2.35 bits per heavy atom. The molecule has 112 valence electrons. The van der Waals surface area contributed by atoms with Gasteiger partial charge in [-0.3, -0.25) is 0 Å². The highest BCUT2D eigenvalue weighted by molar-refractivity contribution is 5.38. The van der Waals surface area contributed by atoms with Crippen molar-refractivity contribution < 1.29 is 18.3 Å². The number of hydrogen-bond donors (Lipinski definition) is 2. The minimum Gasteiger partial charge on any atom is -0.393 e. The Morgan fingerprint density at radius 1 is 1.30 bits per heavy atom. The van der Waals surface area contributed by atoms with E-state index in [9.17, 15) is 18.3 Å². The molecule has 0 amide bonds. The van der Waals surface area contributed by atoms with Crippen LogP contribution in [0.25, 0.3) is 0 Å². The van der Waals surface area contributed by atoms with Gasteiger partial charge in [-0.1, -0.05) is 6.07 Å². The molecule has 0 spiro atoms. The fraction of sp³-hybridized carbons (Fsp3) is 0.600. The Morgan fingerprint density at radius 2 is 1.90 bits per heavy atom. The first kappa shape index (κ1) is 15.3. The number of aliphatic hydroxyl groups excluding tert-OH is 1. The summed E-state index contributed by atoms with van der Waals surface area (Å²) in [5, 5.41) is 9.61. The van der Waals surface area contributed by atoms with Crippen LogP contribution in [-0.4, -0.2) is 17.8 Å². The molecule has 5 heteroatoms. The lowest BCUT2D eigenvalue weighted by atomic mass is 9.67. The topological polar surface area (TPSA) is 46.2 Å². The maximum atomic E-state index is 12.7. The standard InChI is InChI=1S/C15H20F3NO/c1-10-8-11(15(16,17)18)2-3-13(10)14(9-19)6-4-12(20)5-7-14/h2-3,8,12,20H,4-7,9,19H2,1H3. The largest absolute Gasteiger partial charge is 0.416 e. The van der Waals surface area contributed by atoms with E-state index in [4.69, 9.17) is 5.73 Å². The van der Waals surface area contributed by atoms with E-state index in [1.807, 2.05) is 0 Å². The van der Waals surface area contributed by atoms with Crippen LogP contribution >= 0.6 is 0 Å². The number of aryl methyl sites for hydroxylation is 1. The minimum absolute atomic E-state index is 0.298. The fourth-order valence-electron chi connectivity index (χ4n) is 3.17. The number of hydrogen-bond acceptors (Lipinski definition) is 2. The number of alkyl halides is 3. The van der Waals surface area contributed by atoms with Crippen LogP contribution in [0.5, 0.6) is 0 Å². The molecule has 1 saturated carbocycles. The summed E-state index contributed by atoms with van der Waals surface area (Å²) in [6.45, 7) is 2.10. The molecule has 1 aromatic carbocycles. The van der Waals surface area contributed by atoms with Crippen LogP contribution < -0.4 is 5.73 Å². The highest BCUT2D eigenvalue weighted by Crippen LogP contribution is 2.41. The number of halogens is 3. The van der Waals surface area contributed by atoms with Crippen LogP contribution in [-0.2, 0) is 11.6 Å². The molecule has 0 radical (unpaired) electrons. The van der Waals surface area contributed by atoms with Gasteiger partial charge in [-0.15, -0.1) is 0 Å². The van der Waals surface area contributed by atoms with Crippen molar-refractivity contribution in [1.29, 1.82) is 0 Å². The Labute approximate surface area is 116 Å². The van der Waals surface area contributed by atoms with E-state index in [2.05, 4.69) is 0 Å². The smallest absolute Gasteiger partial charge is 0.393 e. The summed E-state index contributed by atoms with van der Waals surface area (Å²) in [7, 11) is 0. The Bertz CT molecular complexity index is 476. The van der Waals surface area contributed by atoms with Gasteiger partial charge in [-0.2, -0.15) is 13.2 Å². The van der Waals surface area contributed by atoms with E-state index in [1.54, 1.807) is 13.0 Å². The van der Waals surface area contributed by atoms with Gasteiger partial charge < -0.3 is 10.8 Å². The van der Waals surface area contributed by atoms with Crippen LogP contribution in [0, 0.1) is 6.92 Å². The van der Waals surface area contributed by atoms with E-state index in [0.717, 1.165) is 24.5 Å². The second-order valence-electron chi connectivity index (χ2n) is 5.74. The molecule has 1 aliphatic rings. The average molecular weight is 287 g/mol. The van der Waals surface area contributed by atoms with Crippen LogP contribution in [0.4, 0.5) is 13.2 Å². The summed E-state index contributed by atoms with van der Waals surface area (Å²) >= 11 is 0. The highest BCUT2D eigenvalue weighted by Gasteiger charge is 2.37. The van der Waals surface area contributed by atoms with Crippen molar-refractivity contribution in [3.8, 4) is 0 Å². The summed E-state index contributed by atoms with van der Waals surface area (Å²) in [5.74, 6) is 0. The first-order valence-corrected chi connectivity index (χ1v) is 6.85. The molecule has 0 unspecified atom stereocenters. The van der Waals surface area contributed by atoms with Crippen molar-refractivity contribution in [2.45, 2.75) is 50.3 Å². The van der Waals surface area contributed by atoms with Crippen molar-refractivity contribution in [2.24, 2.45) is 5.73 Å². The summed E-state index contributed by atoms with van der Waals surface area (Å²) in [6.07, 6.45) is -1.89. The van der Waals surface area contributed by atoms with Crippen LogP contribution in [0.3, 0.4) is 0 Å². The first-order chi connectivity index (χ1) is 9.28. The summed E-state index contributed by atoms with van der Waals surface area (Å²) in [5.41, 5.74) is 6.50. The van der Waals surface area contributed by atoms with E-state index >= 15 is 0 Å². The third-order valence-electron chi connectivity index (χ3n) is 4.43. The molecule has 0 bridgehead atoms. The van der Waals surface area contributed by atoms with Crippen molar-refractivity contribution in [3.05, 3.63) is 34.9 Å². The average Bonchev–Trinajstić information content (AvgIpc) is 2.39. The Balaban J connectivity index is 2.36. The van der Waals surface area contributed by atoms with Gasteiger partial charge in [-0.05, 0) is 55.9 Å². The normalized spacial score (nSPS) is 27.6. The predicted octanol–water partition coefficient (Wildman–Crippen LogP) is 3.15. The molecule has 0 atom stereocenters. The third kappa shape index (κ3) is 2.83. The Kier molecular flexibility index (Phi) is 4.12.